The van der Waals surface area contributed by atoms with Crippen LogP contribution in [-0.2, 0) is 9.59 Å². The van der Waals surface area contributed by atoms with Crippen molar-refractivity contribution >= 4 is 11.8 Å². The van der Waals surface area contributed by atoms with Gasteiger partial charge in [-0.1, -0.05) is 32.9 Å². The maximum Gasteiger partial charge on any atom is 0.303 e. The third kappa shape index (κ3) is 3.57. The molecule has 4 fully saturated rings. The number of allylic oxidation sites excluding steroid dienone is 2. The van der Waals surface area contributed by atoms with Gasteiger partial charge in [-0.05, 0) is 122 Å². The van der Waals surface area contributed by atoms with Crippen molar-refractivity contribution < 1.29 is 19.8 Å². The molecular formula is C30H46O4. The summed E-state index contributed by atoms with van der Waals surface area (Å²) in [5.41, 5.74) is 2.63. The van der Waals surface area contributed by atoms with E-state index < -0.39 is 5.97 Å². The van der Waals surface area contributed by atoms with Crippen LogP contribution in [0.3, 0.4) is 0 Å². The van der Waals surface area contributed by atoms with Gasteiger partial charge in [0.05, 0.1) is 6.61 Å². The molecule has 0 aromatic heterocycles. The van der Waals surface area contributed by atoms with Gasteiger partial charge in [-0.25, -0.2) is 0 Å². The van der Waals surface area contributed by atoms with Crippen LogP contribution in [0.15, 0.2) is 23.8 Å². The number of carboxylic acids is 1. The number of carbonyl (C=O) groups is 2. The molecule has 0 heterocycles. The highest BCUT2D eigenvalue weighted by molar-refractivity contribution is 5.90. The van der Waals surface area contributed by atoms with Gasteiger partial charge < -0.3 is 10.2 Å². The van der Waals surface area contributed by atoms with Crippen molar-refractivity contribution in [3.05, 3.63) is 23.8 Å². The molecule has 0 amide bonds. The Balaban J connectivity index is 1.62. The standard InChI is InChI=1S/C30H46O4/c1-19(2)15-22(32)16-20(3)23-9-11-28(6)25-8-7-24(21(4)17-31)29(12-10-26(33)34)18-30(25,29)14-13-27(23,28)5/h15,20,23-25,31H,4,7-14,16-18H2,1-3,5-6H3,(H,33,34)/t20-,23-,24+,25+,27-,28+,29-,30+/m1/s1. The molecule has 4 aliphatic rings. The number of rotatable bonds is 9. The van der Waals surface area contributed by atoms with E-state index in [4.69, 9.17) is 0 Å². The van der Waals surface area contributed by atoms with Crippen molar-refractivity contribution in [3.8, 4) is 0 Å². The van der Waals surface area contributed by atoms with Gasteiger partial charge in [-0.3, -0.25) is 9.59 Å². The highest BCUT2D eigenvalue weighted by Gasteiger charge is 2.80. The summed E-state index contributed by atoms with van der Waals surface area (Å²) in [5, 5.41) is 19.4. The average molecular weight is 471 g/mol. The molecule has 0 aliphatic heterocycles. The highest BCUT2D eigenvalue weighted by atomic mass is 16.4. The molecule has 4 heteroatoms. The van der Waals surface area contributed by atoms with Crippen molar-refractivity contribution in [2.45, 2.75) is 98.8 Å². The zero-order valence-electron chi connectivity index (χ0n) is 22.1. The van der Waals surface area contributed by atoms with Crippen LogP contribution in [0.4, 0.5) is 0 Å². The molecule has 0 aromatic rings. The minimum atomic E-state index is -0.713. The average Bonchev–Trinajstić information content (AvgIpc) is 3.34. The molecule has 8 atom stereocenters. The number of carboxylic acid groups (broad SMARTS) is 1. The summed E-state index contributed by atoms with van der Waals surface area (Å²) >= 11 is 0. The molecule has 4 saturated carbocycles. The SMILES string of the molecule is C=C(CO)[C@@H]1CC[C@@H]2[C@]3(CC[C@]4(C)[C@@H]([C@H](C)CC(=O)C=C(C)C)CC[C@@]24C)C[C@]13CCC(=O)O. The summed E-state index contributed by atoms with van der Waals surface area (Å²) < 4.78 is 0. The number of ketones is 1. The molecule has 4 aliphatic carbocycles. The van der Waals surface area contributed by atoms with Crippen molar-refractivity contribution in [2.75, 3.05) is 6.61 Å². The fourth-order valence-corrected chi connectivity index (χ4v) is 10.1. The number of carbonyl (C=O) groups excluding carboxylic acids is 1. The molecule has 4 rings (SSSR count). The summed E-state index contributed by atoms with van der Waals surface area (Å²) in [5.74, 6) is 1.33. The summed E-state index contributed by atoms with van der Waals surface area (Å²) in [6.07, 6.45) is 11.4. The Labute approximate surface area is 206 Å². The lowest BCUT2D eigenvalue weighted by atomic mass is 9.43. The Bertz CT molecular complexity index is 899. The van der Waals surface area contributed by atoms with Crippen LogP contribution in [0, 0.1) is 45.3 Å². The molecule has 2 N–H and O–H groups in total. The molecule has 0 bridgehead atoms. The summed E-state index contributed by atoms with van der Waals surface area (Å²) in [4.78, 5) is 24.2. The van der Waals surface area contributed by atoms with Crippen LogP contribution in [0.25, 0.3) is 0 Å². The van der Waals surface area contributed by atoms with Gasteiger partial charge in [-0.15, -0.1) is 0 Å². The zero-order valence-corrected chi connectivity index (χ0v) is 22.1. The summed E-state index contributed by atoms with van der Waals surface area (Å²) in [6, 6.07) is 0. The quantitative estimate of drug-likeness (QED) is 0.295. The number of fused-ring (bicyclic) bond motifs is 2. The van der Waals surface area contributed by atoms with E-state index in [1.807, 2.05) is 13.8 Å². The topological polar surface area (TPSA) is 74.6 Å². The van der Waals surface area contributed by atoms with E-state index in [-0.39, 0.29) is 46.4 Å². The highest BCUT2D eigenvalue weighted by Crippen LogP contribution is 2.87. The molecule has 0 unspecified atom stereocenters. The van der Waals surface area contributed by atoms with Gasteiger partial charge in [0.15, 0.2) is 5.78 Å². The van der Waals surface area contributed by atoms with Gasteiger partial charge in [0.2, 0.25) is 0 Å². The van der Waals surface area contributed by atoms with Crippen LogP contribution >= 0.6 is 0 Å². The lowest BCUT2D eigenvalue weighted by Crippen LogP contribution is -2.54. The van der Waals surface area contributed by atoms with Crippen LogP contribution in [0.5, 0.6) is 0 Å². The molecule has 0 saturated heterocycles. The third-order valence-corrected chi connectivity index (χ3v) is 11.7. The predicted octanol–water partition coefficient (Wildman–Crippen LogP) is 6.58. The number of hydrogen-bond acceptors (Lipinski definition) is 3. The number of hydrogen-bond donors (Lipinski definition) is 2. The van der Waals surface area contributed by atoms with Crippen LogP contribution < -0.4 is 0 Å². The maximum absolute atomic E-state index is 12.6. The summed E-state index contributed by atoms with van der Waals surface area (Å²) in [6.45, 7) is 15.6. The lowest BCUT2D eigenvalue weighted by Gasteiger charge is -2.61. The molecular weight excluding hydrogens is 424 g/mol. The zero-order chi connectivity index (χ0) is 25.1. The van der Waals surface area contributed by atoms with Crippen molar-refractivity contribution in [3.63, 3.8) is 0 Å². The van der Waals surface area contributed by atoms with E-state index in [0.717, 1.165) is 36.8 Å². The van der Waals surface area contributed by atoms with Crippen molar-refractivity contribution in [2.24, 2.45) is 45.3 Å². The van der Waals surface area contributed by atoms with Crippen molar-refractivity contribution in [1.29, 1.82) is 0 Å². The number of aliphatic hydroxyl groups is 1. The number of aliphatic carboxylic acids is 1. The Morgan fingerprint density at radius 1 is 1.09 bits per heavy atom. The van der Waals surface area contributed by atoms with Crippen LogP contribution in [0.2, 0.25) is 0 Å². The molecule has 190 valence electrons. The Hall–Kier alpha value is -1.42. The first-order chi connectivity index (χ1) is 15.9. The third-order valence-electron chi connectivity index (χ3n) is 11.7. The van der Waals surface area contributed by atoms with Crippen LogP contribution in [0.1, 0.15) is 98.8 Å². The van der Waals surface area contributed by atoms with Crippen molar-refractivity contribution in [1.82, 2.24) is 0 Å². The molecule has 4 nitrogen and oxygen atoms in total. The smallest absolute Gasteiger partial charge is 0.303 e. The minimum Gasteiger partial charge on any atom is -0.481 e. The normalized spacial score (nSPS) is 43.2. The predicted molar refractivity (Wildman–Crippen MR) is 135 cm³/mol. The van der Waals surface area contributed by atoms with Gasteiger partial charge in [0.1, 0.15) is 0 Å². The first kappa shape index (κ1) is 25.7. The van der Waals surface area contributed by atoms with E-state index >= 15 is 0 Å². The largest absolute Gasteiger partial charge is 0.481 e. The molecule has 0 aromatic carbocycles. The molecule has 34 heavy (non-hydrogen) atoms. The second-order valence-corrected chi connectivity index (χ2v) is 13.2. The Kier molecular flexibility index (Phi) is 6.50. The minimum absolute atomic E-state index is 0.00156. The Morgan fingerprint density at radius 3 is 2.41 bits per heavy atom. The monoisotopic (exact) mass is 470 g/mol. The number of aliphatic hydroxyl groups excluding tert-OH is 1. The second-order valence-electron chi connectivity index (χ2n) is 13.2. The first-order valence-corrected chi connectivity index (χ1v) is 13.5. The lowest BCUT2D eigenvalue weighted by molar-refractivity contribution is -0.139. The molecule has 1 spiro atoms. The molecule has 0 radical (unpaired) electrons. The fourth-order valence-electron chi connectivity index (χ4n) is 10.1. The first-order valence-electron chi connectivity index (χ1n) is 13.5. The van der Waals surface area contributed by atoms with Gasteiger partial charge in [-0.2, -0.15) is 0 Å². The van der Waals surface area contributed by atoms with E-state index in [9.17, 15) is 19.8 Å². The van der Waals surface area contributed by atoms with E-state index in [1.54, 1.807) is 6.08 Å². The maximum atomic E-state index is 12.6. The van der Waals surface area contributed by atoms with Gasteiger partial charge >= 0.3 is 5.97 Å². The summed E-state index contributed by atoms with van der Waals surface area (Å²) in [7, 11) is 0. The van der Waals surface area contributed by atoms with Gasteiger partial charge in [0, 0.05) is 12.8 Å². The van der Waals surface area contributed by atoms with E-state index in [1.165, 1.54) is 19.3 Å². The van der Waals surface area contributed by atoms with E-state index in [2.05, 4.69) is 27.4 Å². The van der Waals surface area contributed by atoms with E-state index in [0.29, 0.717) is 30.6 Å². The van der Waals surface area contributed by atoms with Gasteiger partial charge in [0.25, 0.3) is 0 Å². The fraction of sp³-hybridized carbons (Fsp3) is 0.800. The van der Waals surface area contributed by atoms with Crippen LogP contribution in [-0.4, -0.2) is 28.6 Å². The second kappa shape index (κ2) is 8.61. The Morgan fingerprint density at radius 2 is 1.79 bits per heavy atom.